The first-order valence-electron chi connectivity index (χ1n) is 4.79. The van der Waals surface area contributed by atoms with Crippen molar-refractivity contribution < 1.29 is 14.2 Å². The molecule has 7 heteroatoms. The Hall–Kier alpha value is -1.63. The smallest absolute Gasteiger partial charge is 0.324 e. The van der Waals surface area contributed by atoms with Crippen molar-refractivity contribution in [1.82, 2.24) is 15.0 Å². The van der Waals surface area contributed by atoms with Gasteiger partial charge in [0.25, 0.3) is 0 Å². The average molecular weight is 228 g/mol. The lowest BCUT2D eigenvalue weighted by Crippen LogP contribution is -2.22. The van der Waals surface area contributed by atoms with Crippen LogP contribution in [0.1, 0.15) is 6.92 Å². The van der Waals surface area contributed by atoms with E-state index in [1.165, 1.54) is 14.2 Å². The van der Waals surface area contributed by atoms with E-state index in [1.54, 1.807) is 7.11 Å². The van der Waals surface area contributed by atoms with Crippen molar-refractivity contribution >= 4 is 5.95 Å². The fraction of sp³-hybridized carbons (Fsp3) is 0.667. The molecule has 1 N–H and O–H groups in total. The summed E-state index contributed by atoms with van der Waals surface area (Å²) in [5.74, 6) is 0.397. The molecular weight excluding hydrogens is 212 g/mol. The zero-order chi connectivity index (χ0) is 12.0. The van der Waals surface area contributed by atoms with Crippen LogP contribution in [0.2, 0.25) is 0 Å². The van der Waals surface area contributed by atoms with Crippen LogP contribution in [0.3, 0.4) is 0 Å². The van der Waals surface area contributed by atoms with E-state index < -0.39 is 0 Å². The standard InChI is InChI=1S/C9H16N4O3/c1-6(5-14-2)10-7-11-8(15-3)13-9(12-7)16-4/h6H,5H2,1-4H3,(H,10,11,12,13). The second-order valence-corrected chi connectivity index (χ2v) is 3.13. The Morgan fingerprint density at radius 2 is 1.62 bits per heavy atom. The van der Waals surface area contributed by atoms with E-state index in [4.69, 9.17) is 14.2 Å². The van der Waals surface area contributed by atoms with Crippen LogP contribution in [-0.2, 0) is 4.74 Å². The molecule has 0 radical (unpaired) electrons. The molecule has 90 valence electrons. The van der Waals surface area contributed by atoms with Crippen LogP contribution in [0.25, 0.3) is 0 Å². The van der Waals surface area contributed by atoms with Gasteiger partial charge in [-0.1, -0.05) is 0 Å². The zero-order valence-electron chi connectivity index (χ0n) is 9.85. The van der Waals surface area contributed by atoms with E-state index in [9.17, 15) is 0 Å². The van der Waals surface area contributed by atoms with Gasteiger partial charge in [0.1, 0.15) is 0 Å². The van der Waals surface area contributed by atoms with Crippen molar-refractivity contribution in [1.29, 1.82) is 0 Å². The lowest BCUT2D eigenvalue weighted by Gasteiger charge is -2.13. The molecule has 16 heavy (non-hydrogen) atoms. The van der Waals surface area contributed by atoms with Gasteiger partial charge in [-0.3, -0.25) is 0 Å². The molecule has 0 aliphatic rings. The molecular formula is C9H16N4O3. The third-order valence-corrected chi connectivity index (χ3v) is 1.75. The van der Waals surface area contributed by atoms with Gasteiger partial charge in [-0.2, -0.15) is 9.97 Å². The van der Waals surface area contributed by atoms with Crippen molar-refractivity contribution in [2.75, 3.05) is 33.3 Å². The molecule has 0 aliphatic heterocycles. The van der Waals surface area contributed by atoms with Crippen molar-refractivity contribution in [3.8, 4) is 12.0 Å². The van der Waals surface area contributed by atoms with E-state index in [0.717, 1.165) is 0 Å². The van der Waals surface area contributed by atoms with Crippen LogP contribution in [-0.4, -0.2) is 48.9 Å². The van der Waals surface area contributed by atoms with E-state index in [1.807, 2.05) is 6.92 Å². The lowest BCUT2D eigenvalue weighted by molar-refractivity contribution is 0.190. The molecule has 0 spiro atoms. The number of hydrogen-bond donors (Lipinski definition) is 1. The molecule has 1 aromatic heterocycles. The van der Waals surface area contributed by atoms with Crippen molar-refractivity contribution in [2.45, 2.75) is 13.0 Å². The number of anilines is 1. The zero-order valence-corrected chi connectivity index (χ0v) is 9.85. The van der Waals surface area contributed by atoms with Crippen LogP contribution < -0.4 is 14.8 Å². The van der Waals surface area contributed by atoms with Gasteiger partial charge in [0.05, 0.1) is 20.8 Å². The Kier molecular flexibility index (Phi) is 4.71. The summed E-state index contributed by atoms with van der Waals surface area (Å²) in [4.78, 5) is 11.9. The highest BCUT2D eigenvalue weighted by molar-refractivity contribution is 5.28. The summed E-state index contributed by atoms with van der Waals surface area (Å²) in [6.07, 6.45) is 0. The molecule has 7 nitrogen and oxygen atoms in total. The predicted octanol–water partition coefficient (Wildman–Crippen LogP) is 0.336. The average Bonchev–Trinajstić information content (AvgIpc) is 2.28. The SMILES string of the molecule is COCC(C)Nc1nc(OC)nc(OC)n1. The first-order chi connectivity index (χ1) is 7.69. The van der Waals surface area contributed by atoms with Crippen LogP contribution in [0.15, 0.2) is 0 Å². The molecule has 0 amide bonds. The number of hydrogen-bond acceptors (Lipinski definition) is 7. The Labute approximate surface area is 94.2 Å². The molecule has 1 aromatic rings. The van der Waals surface area contributed by atoms with Gasteiger partial charge in [0.15, 0.2) is 0 Å². The highest BCUT2D eigenvalue weighted by atomic mass is 16.5. The van der Waals surface area contributed by atoms with Crippen molar-refractivity contribution in [3.05, 3.63) is 0 Å². The summed E-state index contributed by atoms with van der Waals surface area (Å²) < 4.78 is 14.8. The molecule has 0 saturated heterocycles. The number of nitrogens with one attached hydrogen (secondary N) is 1. The van der Waals surface area contributed by atoms with Crippen LogP contribution in [0.4, 0.5) is 5.95 Å². The van der Waals surface area contributed by atoms with Gasteiger partial charge in [-0.05, 0) is 6.92 Å². The number of aromatic nitrogens is 3. The van der Waals surface area contributed by atoms with E-state index >= 15 is 0 Å². The van der Waals surface area contributed by atoms with Gasteiger partial charge in [-0.15, -0.1) is 4.98 Å². The summed E-state index contributed by atoms with van der Waals surface area (Å²) in [5.41, 5.74) is 0. The highest BCUT2D eigenvalue weighted by Crippen LogP contribution is 2.12. The largest absolute Gasteiger partial charge is 0.467 e. The van der Waals surface area contributed by atoms with Crippen LogP contribution in [0.5, 0.6) is 12.0 Å². The van der Waals surface area contributed by atoms with E-state index in [2.05, 4.69) is 20.3 Å². The van der Waals surface area contributed by atoms with Crippen molar-refractivity contribution in [2.24, 2.45) is 0 Å². The van der Waals surface area contributed by atoms with Gasteiger partial charge in [0.2, 0.25) is 5.95 Å². The Bertz CT molecular complexity index is 312. The maximum atomic E-state index is 4.99. The number of ether oxygens (including phenoxy) is 3. The second kappa shape index (κ2) is 6.06. The molecule has 1 unspecified atom stereocenters. The third kappa shape index (κ3) is 3.50. The predicted molar refractivity (Wildman–Crippen MR) is 57.9 cm³/mol. The van der Waals surface area contributed by atoms with Crippen LogP contribution >= 0.6 is 0 Å². The molecule has 1 rings (SSSR count). The summed E-state index contributed by atoms with van der Waals surface area (Å²) >= 11 is 0. The van der Waals surface area contributed by atoms with Gasteiger partial charge in [-0.25, -0.2) is 0 Å². The van der Waals surface area contributed by atoms with E-state index in [0.29, 0.717) is 12.6 Å². The second-order valence-electron chi connectivity index (χ2n) is 3.13. The summed E-state index contributed by atoms with van der Waals surface area (Å²) in [7, 11) is 4.60. The summed E-state index contributed by atoms with van der Waals surface area (Å²) in [5, 5.41) is 3.04. The summed E-state index contributed by atoms with van der Waals surface area (Å²) in [6.45, 7) is 2.50. The Balaban J connectivity index is 2.78. The fourth-order valence-corrected chi connectivity index (χ4v) is 1.10. The minimum Gasteiger partial charge on any atom is -0.467 e. The Morgan fingerprint density at radius 3 is 2.06 bits per heavy atom. The van der Waals surface area contributed by atoms with Crippen molar-refractivity contribution in [3.63, 3.8) is 0 Å². The molecule has 0 fully saturated rings. The number of nitrogens with zero attached hydrogens (tertiary/aromatic N) is 3. The first kappa shape index (κ1) is 12.4. The first-order valence-corrected chi connectivity index (χ1v) is 4.79. The third-order valence-electron chi connectivity index (χ3n) is 1.75. The monoisotopic (exact) mass is 228 g/mol. The topological polar surface area (TPSA) is 78.4 Å². The minimum atomic E-state index is 0.0850. The highest BCUT2D eigenvalue weighted by Gasteiger charge is 2.09. The molecule has 0 aliphatic carbocycles. The molecule has 1 atom stereocenters. The van der Waals surface area contributed by atoms with Gasteiger partial charge < -0.3 is 19.5 Å². The minimum absolute atomic E-state index is 0.0850. The molecule has 0 saturated carbocycles. The van der Waals surface area contributed by atoms with E-state index in [-0.39, 0.29) is 18.1 Å². The molecule has 0 aromatic carbocycles. The van der Waals surface area contributed by atoms with Crippen LogP contribution in [0, 0.1) is 0 Å². The quantitative estimate of drug-likeness (QED) is 0.751. The van der Waals surface area contributed by atoms with Gasteiger partial charge in [0, 0.05) is 13.2 Å². The molecule has 0 bridgehead atoms. The Morgan fingerprint density at radius 1 is 1.06 bits per heavy atom. The summed E-state index contributed by atoms with van der Waals surface area (Å²) in [6, 6.07) is 0.500. The lowest BCUT2D eigenvalue weighted by atomic mass is 10.4. The maximum Gasteiger partial charge on any atom is 0.324 e. The maximum absolute atomic E-state index is 4.99. The molecule has 1 heterocycles. The fourth-order valence-electron chi connectivity index (χ4n) is 1.10. The van der Waals surface area contributed by atoms with Gasteiger partial charge >= 0.3 is 12.0 Å². The normalized spacial score (nSPS) is 12.0. The number of rotatable bonds is 6. The number of methoxy groups -OCH3 is 3.